The summed E-state index contributed by atoms with van der Waals surface area (Å²) >= 11 is 0. The first-order valence-electron chi connectivity index (χ1n) is 6.94. The Morgan fingerprint density at radius 3 is 2.47 bits per heavy atom. The number of rotatable bonds is 4. The largest absolute Gasteiger partial charge is 0.407 e. The molecule has 1 nitrogen and oxygen atoms in total. The number of fused-ring (bicyclic) bond motifs is 1. The summed E-state index contributed by atoms with van der Waals surface area (Å²) in [7, 11) is 0. The molecule has 0 radical (unpaired) electrons. The first-order chi connectivity index (χ1) is 9.02. The highest BCUT2D eigenvalue weighted by atomic mass is 19.4. The Bertz CT molecular complexity index is 426. The molecule has 0 saturated heterocycles. The second-order valence-corrected chi connectivity index (χ2v) is 5.16. The predicted octanol–water partition coefficient (Wildman–Crippen LogP) is 4.17. The van der Waals surface area contributed by atoms with Crippen LogP contribution in [0.15, 0.2) is 18.2 Å². The quantitative estimate of drug-likeness (QED) is 0.866. The molecule has 1 aromatic rings. The Balaban J connectivity index is 2.26. The Morgan fingerprint density at radius 1 is 1.16 bits per heavy atom. The van der Waals surface area contributed by atoms with E-state index in [4.69, 9.17) is 0 Å². The monoisotopic (exact) mass is 271 g/mol. The number of hydrogen-bond donors (Lipinski definition) is 1. The molecule has 1 unspecified atom stereocenters. The second-order valence-electron chi connectivity index (χ2n) is 5.16. The van der Waals surface area contributed by atoms with Crippen molar-refractivity contribution in [2.75, 3.05) is 6.54 Å². The molecule has 0 amide bonds. The summed E-state index contributed by atoms with van der Waals surface area (Å²) in [5, 5.41) is 2.61. The van der Waals surface area contributed by atoms with E-state index in [1.165, 1.54) is 5.56 Å². The van der Waals surface area contributed by atoms with Crippen LogP contribution < -0.4 is 5.32 Å². The lowest BCUT2D eigenvalue weighted by molar-refractivity contribution is -0.157. The smallest absolute Gasteiger partial charge is 0.302 e. The molecule has 1 aliphatic rings. The zero-order valence-corrected chi connectivity index (χ0v) is 11.2. The molecule has 0 aromatic heterocycles. The van der Waals surface area contributed by atoms with Crippen LogP contribution in [0.1, 0.15) is 48.9 Å². The summed E-state index contributed by atoms with van der Waals surface area (Å²) in [6, 6.07) is 3.70. The molecule has 19 heavy (non-hydrogen) atoms. The number of hydrogen-bond acceptors (Lipinski definition) is 1. The zero-order chi connectivity index (χ0) is 13.9. The van der Waals surface area contributed by atoms with Gasteiger partial charge in [-0.15, -0.1) is 0 Å². The minimum atomic E-state index is -4.24. The van der Waals surface area contributed by atoms with E-state index >= 15 is 0 Å². The van der Waals surface area contributed by atoms with Gasteiger partial charge < -0.3 is 5.32 Å². The van der Waals surface area contributed by atoms with Crippen molar-refractivity contribution < 1.29 is 13.2 Å². The minimum absolute atomic E-state index is 0.349. The van der Waals surface area contributed by atoms with Gasteiger partial charge in [0.1, 0.15) is 6.04 Å². The van der Waals surface area contributed by atoms with Crippen molar-refractivity contribution in [2.45, 2.75) is 51.2 Å². The van der Waals surface area contributed by atoms with Gasteiger partial charge in [0.05, 0.1) is 0 Å². The summed E-state index contributed by atoms with van der Waals surface area (Å²) < 4.78 is 39.3. The predicted molar refractivity (Wildman–Crippen MR) is 70.2 cm³/mol. The first-order valence-corrected chi connectivity index (χ1v) is 6.94. The van der Waals surface area contributed by atoms with Crippen LogP contribution in [0.2, 0.25) is 0 Å². The highest BCUT2D eigenvalue weighted by Gasteiger charge is 2.40. The van der Waals surface area contributed by atoms with Crippen molar-refractivity contribution in [1.29, 1.82) is 0 Å². The second kappa shape index (κ2) is 5.95. The Kier molecular flexibility index (Phi) is 4.50. The van der Waals surface area contributed by atoms with E-state index in [2.05, 4.69) is 5.32 Å². The van der Waals surface area contributed by atoms with Crippen molar-refractivity contribution in [3.8, 4) is 0 Å². The third-order valence-corrected chi connectivity index (χ3v) is 3.63. The van der Waals surface area contributed by atoms with E-state index in [1.807, 2.05) is 13.0 Å². The van der Waals surface area contributed by atoms with Gasteiger partial charge in [-0.2, -0.15) is 13.2 Å². The van der Waals surface area contributed by atoms with Gasteiger partial charge in [-0.25, -0.2) is 0 Å². The lowest BCUT2D eigenvalue weighted by atomic mass is 9.89. The van der Waals surface area contributed by atoms with Gasteiger partial charge >= 0.3 is 6.18 Å². The van der Waals surface area contributed by atoms with Crippen LogP contribution in [0, 0.1) is 0 Å². The van der Waals surface area contributed by atoms with Crippen LogP contribution in [0.3, 0.4) is 0 Å². The van der Waals surface area contributed by atoms with E-state index in [9.17, 15) is 13.2 Å². The number of benzene rings is 1. The van der Waals surface area contributed by atoms with Crippen LogP contribution in [0.25, 0.3) is 0 Å². The lowest BCUT2D eigenvalue weighted by Gasteiger charge is -2.24. The van der Waals surface area contributed by atoms with Crippen LogP contribution in [-0.4, -0.2) is 12.7 Å². The lowest BCUT2D eigenvalue weighted by Crippen LogP contribution is -2.34. The topological polar surface area (TPSA) is 12.0 Å². The third-order valence-electron chi connectivity index (χ3n) is 3.63. The Labute approximate surface area is 112 Å². The molecule has 106 valence electrons. The summed E-state index contributed by atoms with van der Waals surface area (Å²) in [5.41, 5.74) is 2.66. The maximum Gasteiger partial charge on any atom is 0.407 e. The molecule has 1 aromatic carbocycles. The fourth-order valence-electron chi connectivity index (χ4n) is 2.64. The molecule has 4 heteroatoms. The highest BCUT2D eigenvalue weighted by Crippen LogP contribution is 2.34. The Hall–Kier alpha value is -1.03. The molecule has 0 heterocycles. The molecular formula is C15H20F3N. The minimum Gasteiger partial charge on any atom is -0.302 e. The maximum absolute atomic E-state index is 13.1. The number of halogens is 3. The molecule has 1 N–H and O–H groups in total. The van der Waals surface area contributed by atoms with Gasteiger partial charge in [0.15, 0.2) is 0 Å². The van der Waals surface area contributed by atoms with Crippen LogP contribution in [0.4, 0.5) is 13.2 Å². The van der Waals surface area contributed by atoms with Gasteiger partial charge in [-0.3, -0.25) is 0 Å². The standard InChI is InChI=1S/C15H20F3N/c1-2-9-19-14(15(16,17)18)13-8-7-11-5-3-4-6-12(11)10-13/h7-8,10,14,19H,2-6,9H2,1H3. The maximum atomic E-state index is 13.1. The Morgan fingerprint density at radius 2 is 1.84 bits per heavy atom. The fraction of sp³-hybridized carbons (Fsp3) is 0.600. The van der Waals surface area contributed by atoms with Gasteiger partial charge in [0.25, 0.3) is 0 Å². The normalized spacial score (nSPS) is 17.1. The molecule has 1 aliphatic carbocycles. The number of aryl methyl sites for hydroxylation is 2. The number of nitrogens with one attached hydrogen (secondary N) is 1. The first kappa shape index (κ1) is 14.4. The third kappa shape index (κ3) is 3.50. The molecule has 0 spiro atoms. The van der Waals surface area contributed by atoms with Crippen LogP contribution in [-0.2, 0) is 12.8 Å². The molecule has 0 bridgehead atoms. The molecule has 0 aliphatic heterocycles. The van der Waals surface area contributed by atoms with E-state index in [0.717, 1.165) is 31.2 Å². The highest BCUT2D eigenvalue weighted by molar-refractivity contribution is 5.35. The molecule has 0 fully saturated rings. The van der Waals surface area contributed by atoms with Crippen molar-refractivity contribution in [2.24, 2.45) is 0 Å². The van der Waals surface area contributed by atoms with Crippen molar-refractivity contribution >= 4 is 0 Å². The van der Waals surface area contributed by atoms with Gasteiger partial charge in [0, 0.05) is 0 Å². The van der Waals surface area contributed by atoms with Crippen LogP contribution in [0.5, 0.6) is 0 Å². The van der Waals surface area contributed by atoms with E-state index in [-0.39, 0.29) is 0 Å². The SMILES string of the molecule is CCCNC(c1ccc2c(c1)CCCC2)C(F)(F)F. The van der Waals surface area contributed by atoms with Crippen molar-refractivity contribution in [3.05, 3.63) is 34.9 Å². The van der Waals surface area contributed by atoms with Crippen molar-refractivity contribution in [3.63, 3.8) is 0 Å². The van der Waals surface area contributed by atoms with Crippen molar-refractivity contribution in [1.82, 2.24) is 5.32 Å². The average Bonchev–Trinajstić information content (AvgIpc) is 2.37. The van der Waals surface area contributed by atoms with Crippen LogP contribution >= 0.6 is 0 Å². The average molecular weight is 271 g/mol. The van der Waals surface area contributed by atoms with E-state index in [0.29, 0.717) is 18.5 Å². The summed E-state index contributed by atoms with van der Waals surface area (Å²) in [5.74, 6) is 0. The summed E-state index contributed by atoms with van der Waals surface area (Å²) in [6.45, 7) is 2.24. The van der Waals surface area contributed by atoms with Gasteiger partial charge in [0.2, 0.25) is 0 Å². The molecule has 1 atom stereocenters. The summed E-state index contributed by atoms with van der Waals surface area (Å²) in [6.07, 6.45) is 0.574. The summed E-state index contributed by atoms with van der Waals surface area (Å²) in [4.78, 5) is 0. The van der Waals surface area contributed by atoms with Gasteiger partial charge in [-0.05, 0) is 55.3 Å². The molecule has 2 rings (SSSR count). The van der Waals surface area contributed by atoms with Gasteiger partial charge in [-0.1, -0.05) is 25.1 Å². The number of alkyl halides is 3. The molecule has 0 saturated carbocycles. The fourth-order valence-corrected chi connectivity index (χ4v) is 2.64. The zero-order valence-electron chi connectivity index (χ0n) is 11.2. The molecular weight excluding hydrogens is 251 g/mol. The van der Waals surface area contributed by atoms with E-state index < -0.39 is 12.2 Å². The van der Waals surface area contributed by atoms with E-state index in [1.54, 1.807) is 12.1 Å².